The Kier molecular flexibility index (Phi) is 5.81. The highest BCUT2D eigenvalue weighted by Gasteiger charge is 2.28. The van der Waals surface area contributed by atoms with Gasteiger partial charge in [0.05, 0.1) is 4.90 Å². The number of rotatable bonds is 7. The third-order valence-corrected chi connectivity index (χ3v) is 6.08. The average molecular weight is 401 g/mol. The standard InChI is InChI=1S/C20H23N3O4S/c1-13-3-10-17(28(26,27)23-16-8-9-16)11-18(13)20(25)22-12-14-4-6-15(7-5-14)19(24)21-2/h3-7,10-11,16,23H,8-9,12H2,1-2H3,(H,21,24)(H,22,25). The lowest BCUT2D eigenvalue weighted by Gasteiger charge is -2.11. The summed E-state index contributed by atoms with van der Waals surface area (Å²) in [6.07, 6.45) is 1.69. The Morgan fingerprint density at radius 1 is 1.04 bits per heavy atom. The molecular formula is C20H23N3O4S. The molecule has 0 aliphatic heterocycles. The fourth-order valence-electron chi connectivity index (χ4n) is 2.70. The molecule has 0 heterocycles. The van der Waals surface area contributed by atoms with E-state index < -0.39 is 10.0 Å². The number of aryl methyl sites for hydroxylation is 1. The lowest BCUT2D eigenvalue weighted by Crippen LogP contribution is -2.27. The summed E-state index contributed by atoms with van der Waals surface area (Å²) in [5.74, 6) is -0.527. The largest absolute Gasteiger partial charge is 0.355 e. The Bertz CT molecular complexity index is 997. The third-order valence-electron chi connectivity index (χ3n) is 4.56. The van der Waals surface area contributed by atoms with Gasteiger partial charge in [0.1, 0.15) is 0 Å². The number of hydrogen-bond acceptors (Lipinski definition) is 4. The van der Waals surface area contributed by atoms with Crippen molar-refractivity contribution in [2.45, 2.75) is 37.2 Å². The van der Waals surface area contributed by atoms with E-state index in [9.17, 15) is 18.0 Å². The van der Waals surface area contributed by atoms with Crippen molar-refractivity contribution in [2.75, 3.05) is 7.05 Å². The van der Waals surface area contributed by atoms with Crippen LogP contribution in [0.15, 0.2) is 47.4 Å². The van der Waals surface area contributed by atoms with Crippen molar-refractivity contribution in [3.63, 3.8) is 0 Å². The molecule has 1 aliphatic rings. The van der Waals surface area contributed by atoms with Crippen LogP contribution in [-0.4, -0.2) is 33.3 Å². The summed E-state index contributed by atoms with van der Waals surface area (Å²) in [6, 6.07) is 11.4. The van der Waals surface area contributed by atoms with E-state index in [1.165, 1.54) is 12.1 Å². The van der Waals surface area contributed by atoms with Gasteiger partial charge >= 0.3 is 0 Å². The van der Waals surface area contributed by atoms with Crippen LogP contribution in [0.5, 0.6) is 0 Å². The van der Waals surface area contributed by atoms with E-state index in [-0.39, 0.29) is 29.3 Å². The average Bonchev–Trinajstić information content (AvgIpc) is 3.49. The third kappa shape index (κ3) is 4.76. The fourth-order valence-corrected chi connectivity index (χ4v) is 4.03. The molecule has 0 aromatic heterocycles. The number of nitrogens with one attached hydrogen (secondary N) is 3. The van der Waals surface area contributed by atoms with Gasteiger partial charge in [-0.05, 0) is 55.2 Å². The molecule has 3 N–H and O–H groups in total. The SMILES string of the molecule is CNC(=O)c1ccc(CNC(=O)c2cc(S(=O)(=O)NC3CC3)ccc2C)cc1. The van der Waals surface area contributed by atoms with E-state index in [0.29, 0.717) is 16.7 Å². The monoisotopic (exact) mass is 401 g/mol. The molecule has 2 aromatic carbocycles. The quantitative estimate of drug-likeness (QED) is 0.657. The van der Waals surface area contributed by atoms with E-state index in [1.807, 2.05) is 0 Å². The van der Waals surface area contributed by atoms with Gasteiger partial charge in [0.25, 0.3) is 11.8 Å². The van der Waals surface area contributed by atoms with Crippen LogP contribution in [0.1, 0.15) is 44.7 Å². The maximum atomic E-state index is 12.6. The van der Waals surface area contributed by atoms with E-state index in [0.717, 1.165) is 18.4 Å². The number of hydrogen-bond donors (Lipinski definition) is 3. The Hall–Kier alpha value is -2.71. The predicted molar refractivity (Wildman–Crippen MR) is 106 cm³/mol. The first-order valence-corrected chi connectivity index (χ1v) is 10.5. The Balaban J connectivity index is 1.70. The van der Waals surface area contributed by atoms with Crippen molar-refractivity contribution >= 4 is 21.8 Å². The highest BCUT2D eigenvalue weighted by molar-refractivity contribution is 7.89. The molecule has 0 atom stereocenters. The van der Waals surface area contributed by atoms with Crippen LogP contribution in [0.4, 0.5) is 0 Å². The lowest BCUT2D eigenvalue weighted by atomic mass is 10.1. The number of amides is 2. The summed E-state index contributed by atoms with van der Waals surface area (Å²) in [5.41, 5.74) is 2.38. The first kappa shape index (κ1) is 20.0. The molecule has 148 valence electrons. The Morgan fingerprint density at radius 3 is 2.32 bits per heavy atom. The second-order valence-corrected chi connectivity index (χ2v) is 8.54. The van der Waals surface area contributed by atoms with Gasteiger partial charge in [-0.2, -0.15) is 0 Å². The van der Waals surface area contributed by atoms with Crippen molar-refractivity contribution in [1.29, 1.82) is 0 Å². The van der Waals surface area contributed by atoms with E-state index in [1.54, 1.807) is 44.3 Å². The van der Waals surface area contributed by atoms with Crippen molar-refractivity contribution in [1.82, 2.24) is 15.4 Å². The van der Waals surface area contributed by atoms with Gasteiger partial charge in [0, 0.05) is 30.8 Å². The van der Waals surface area contributed by atoms with Gasteiger partial charge in [0.15, 0.2) is 0 Å². The van der Waals surface area contributed by atoms with Crippen molar-refractivity contribution in [3.05, 3.63) is 64.7 Å². The minimum atomic E-state index is -3.62. The van der Waals surface area contributed by atoms with E-state index in [4.69, 9.17) is 0 Å². The number of carbonyl (C=O) groups is 2. The molecular weight excluding hydrogens is 378 g/mol. The molecule has 3 rings (SSSR count). The summed E-state index contributed by atoms with van der Waals surface area (Å²) < 4.78 is 27.4. The number of carbonyl (C=O) groups excluding carboxylic acids is 2. The molecule has 1 fully saturated rings. The van der Waals surface area contributed by atoms with E-state index >= 15 is 0 Å². The summed E-state index contributed by atoms with van der Waals surface area (Å²) in [4.78, 5) is 24.2. The smallest absolute Gasteiger partial charge is 0.251 e. The van der Waals surface area contributed by atoms with Crippen LogP contribution < -0.4 is 15.4 Å². The number of sulfonamides is 1. The van der Waals surface area contributed by atoms with Gasteiger partial charge < -0.3 is 10.6 Å². The molecule has 28 heavy (non-hydrogen) atoms. The zero-order chi connectivity index (χ0) is 20.3. The number of benzene rings is 2. The topological polar surface area (TPSA) is 104 Å². The molecule has 0 bridgehead atoms. The predicted octanol–water partition coefficient (Wildman–Crippen LogP) is 1.73. The zero-order valence-corrected chi connectivity index (χ0v) is 16.6. The highest BCUT2D eigenvalue weighted by atomic mass is 32.2. The second-order valence-electron chi connectivity index (χ2n) is 6.83. The maximum absolute atomic E-state index is 12.6. The Labute approximate surface area is 164 Å². The lowest BCUT2D eigenvalue weighted by molar-refractivity contribution is 0.0945. The zero-order valence-electron chi connectivity index (χ0n) is 15.8. The molecule has 0 saturated heterocycles. The minimum absolute atomic E-state index is 0.00124. The van der Waals surface area contributed by atoms with Crippen LogP contribution in [0, 0.1) is 6.92 Å². The maximum Gasteiger partial charge on any atom is 0.251 e. The first-order valence-electron chi connectivity index (χ1n) is 9.02. The Morgan fingerprint density at radius 2 is 1.71 bits per heavy atom. The molecule has 7 nitrogen and oxygen atoms in total. The minimum Gasteiger partial charge on any atom is -0.355 e. The van der Waals surface area contributed by atoms with Gasteiger partial charge in [-0.3, -0.25) is 9.59 Å². The molecule has 2 aromatic rings. The first-order chi connectivity index (χ1) is 13.3. The fraction of sp³-hybridized carbons (Fsp3) is 0.300. The molecule has 8 heteroatoms. The summed E-state index contributed by atoms with van der Waals surface area (Å²) in [5, 5.41) is 5.34. The highest BCUT2D eigenvalue weighted by Crippen LogP contribution is 2.23. The van der Waals surface area contributed by atoms with Crippen LogP contribution >= 0.6 is 0 Å². The molecule has 0 radical (unpaired) electrons. The van der Waals surface area contributed by atoms with Crippen molar-refractivity contribution < 1.29 is 18.0 Å². The van der Waals surface area contributed by atoms with Crippen LogP contribution in [0.2, 0.25) is 0 Å². The van der Waals surface area contributed by atoms with Crippen LogP contribution in [0.25, 0.3) is 0 Å². The van der Waals surface area contributed by atoms with Gasteiger partial charge in [0.2, 0.25) is 10.0 Å². The van der Waals surface area contributed by atoms with Crippen LogP contribution in [0.3, 0.4) is 0 Å². The van der Waals surface area contributed by atoms with Gasteiger partial charge in [-0.1, -0.05) is 18.2 Å². The molecule has 0 unspecified atom stereocenters. The molecule has 1 aliphatic carbocycles. The van der Waals surface area contributed by atoms with Crippen LogP contribution in [-0.2, 0) is 16.6 Å². The summed E-state index contributed by atoms with van der Waals surface area (Å²) in [6.45, 7) is 2.03. The van der Waals surface area contributed by atoms with Crippen molar-refractivity contribution in [3.8, 4) is 0 Å². The molecule has 2 amide bonds. The molecule has 1 saturated carbocycles. The van der Waals surface area contributed by atoms with E-state index in [2.05, 4.69) is 15.4 Å². The summed E-state index contributed by atoms with van der Waals surface area (Å²) >= 11 is 0. The van der Waals surface area contributed by atoms with Crippen molar-refractivity contribution in [2.24, 2.45) is 0 Å². The van der Waals surface area contributed by atoms with Gasteiger partial charge in [-0.15, -0.1) is 0 Å². The summed E-state index contributed by atoms with van der Waals surface area (Å²) in [7, 11) is -2.06. The van der Waals surface area contributed by atoms with Gasteiger partial charge in [-0.25, -0.2) is 13.1 Å². The molecule has 0 spiro atoms. The normalized spacial score (nSPS) is 13.8. The second kappa shape index (κ2) is 8.12.